The van der Waals surface area contributed by atoms with Crippen molar-refractivity contribution in [1.29, 1.82) is 0 Å². The van der Waals surface area contributed by atoms with Crippen LogP contribution in [0.2, 0.25) is 0 Å². The predicted molar refractivity (Wildman–Crippen MR) is 90.8 cm³/mol. The molecule has 1 unspecified atom stereocenters. The average molecular weight is 329 g/mol. The van der Waals surface area contributed by atoms with Crippen LogP contribution in [0.1, 0.15) is 13.8 Å². The Morgan fingerprint density at radius 3 is 2.88 bits per heavy atom. The van der Waals surface area contributed by atoms with Crippen LogP contribution in [0.4, 0.5) is 10.6 Å². The van der Waals surface area contributed by atoms with Crippen LogP contribution in [0.5, 0.6) is 0 Å². The lowest BCUT2D eigenvalue weighted by molar-refractivity contribution is 0.0791. The minimum Gasteiger partial charge on any atom is -0.447 e. The van der Waals surface area contributed by atoms with E-state index in [9.17, 15) is 4.79 Å². The highest BCUT2D eigenvalue weighted by Gasteiger charge is 2.57. The molecule has 0 radical (unpaired) electrons. The van der Waals surface area contributed by atoms with Crippen molar-refractivity contribution in [1.82, 2.24) is 19.9 Å². The van der Waals surface area contributed by atoms with Gasteiger partial charge in [-0.25, -0.2) is 14.8 Å². The second-order valence-corrected chi connectivity index (χ2v) is 7.15. The number of hydrogen-bond donors (Lipinski definition) is 1. The molecule has 0 aromatic carbocycles. The van der Waals surface area contributed by atoms with Crippen molar-refractivity contribution >= 4 is 22.9 Å². The number of piperidine rings is 1. The molecule has 1 aliphatic heterocycles. The number of hydrogen-bond acceptors (Lipinski definition) is 5. The number of aromatic amines is 1. The van der Waals surface area contributed by atoms with Gasteiger partial charge in [-0.15, -0.1) is 0 Å². The minimum absolute atomic E-state index is 0.0575. The van der Waals surface area contributed by atoms with Crippen molar-refractivity contribution in [2.45, 2.75) is 20.0 Å². The molecule has 2 aliphatic rings. The van der Waals surface area contributed by atoms with Crippen molar-refractivity contribution in [2.75, 3.05) is 31.6 Å². The third-order valence-electron chi connectivity index (χ3n) is 5.15. The fourth-order valence-corrected chi connectivity index (χ4v) is 3.91. The Morgan fingerprint density at radius 2 is 2.17 bits per heavy atom. The van der Waals surface area contributed by atoms with Crippen LogP contribution in [0.25, 0.3) is 11.0 Å². The highest BCUT2D eigenvalue weighted by atomic mass is 16.6. The van der Waals surface area contributed by atoms with E-state index in [4.69, 9.17) is 4.74 Å². The summed E-state index contributed by atoms with van der Waals surface area (Å²) in [6.45, 7) is 6.36. The standard InChI is InChI=1S/C17H23N5O2/c1-10(2)24-17(23)22-7-13-12(14(13)8-22)6-21(3)16-11-4-5-18-15(11)19-9-20-16/h4-5,9-10,12-14H,6-8H2,1-3H3,(H,18,19,20)/t12?,13-,14+. The van der Waals surface area contributed by atoms with Crippen LogP contribution in [0.15, 0.2) is 18.6 Å². The van der Waals surface area contributed by atoms with Crippen LogP contribution in [-0.4, -0.2) is 58.7 Å². The van der Waals surface area contributed by atoms with E-state index in [1.807, 2.05) is 31.0 Å². The van der Waals surface area contributed by atoms with Crippen LogP contribution in [0, 0.1) is 17.8 Å². The first-order valence-corrected chi connectivity index (χ1v) is 8.49. The van der Waals surface area contributed by atoms with Crippen molar-refractivity contribution < 1.29 is 9.53 Å². The smallest absolute Gasteiger partial charge is 0.410 e. The molecule has 4 rings (SSSR count). The van der Waals surface area contributed by atoms with Crippen molar-refractivity contribution in [2.24, 2.45) is 17.8 Å². The third-order valence-corrected chi connectivity index (χ3v) is 5.15. The lowest BCUT2D eigenvalue weighted by Crippen LogP contribution is -2.35. The average Bonchev–Trinajstić information content (AvgIpc) is 2.98. The number of carbonyl (C=O) groups is 1. The zero-order chi connectivity index (χ0) is 16.8. The number of aromatic nitrogens is 3. The quantitative estimate of drug-likeness (QED) is 0.930. The predicted octanol–water partition coefficient (Wildman–Crippen LogP) is 2.12. The lowest BCUT2D eigenvalue weighted by atomic mass is 10.2. The Bertz CT molecular complexity index is 746. The minimum atomic E-state index is -0.172. The van der Waals surface area contributed by atoms with Crippen LogP contribution in [0.3, 0.4) is 0 Å². The number of rotatable bonds is 4. The SMILES string of the molecule is CC(C)OC(=O)N1C[C@@H]2C(CN(C)c3ncnc4[nH]ccc34)[C@@H]2C1. The molecule has 3 atom stereocenters. The topological polar surface area (TPSA) is 74.3 Å². The monoisotopic (exact) mass is 329 g/mol. The van der Waals surface area contributed by atoms with Gasteiger partial charge >= 0.3 is 6.09 Å². The molecular weight excluding hydrogens is 306 g/mol. The summed E-state index contributed by atoms with van der Waals surface area (Å²) < 4.78 is 5.28. The maximum Gasteiger partial charge on any atom is 0.410 e. The van der Waals surface area contributed by atoms with Crippen molar-refractivity contribution in [3.63, 3.8) is 0 Å². The van der Waals surface area contributed by atoms with E-state index in [0.29, 0.717) is 17.8 Å². The van der Waals surface area contributed by atoms with Gasteiger partial charge < -0.3 is 19.5 Å². The summed E-state index contributed by atoms with van der Waals surface area (Å²) in [6, 6.07) is 2.01. The Hall–Kier alpha value is -2.31. The van der Waals surface area contributed by atoms with E-state index in [0.717, 1.165) is 36.5 Å². The number of anilines is 1. The summed E-state index contributed by atoms with van der Waals surface area (Å²) in [6.07, 6.45) is 3.26. The third kappa shape index (κ3) is 2.57. The highest BCUT2D eigenvalue weighted by molar-refractivity contribution is 5.87. The number of fused-ring (bicyclic) bond motifs is 2. The van der Waals surface area contributed by atoms with Gasteiger partial charge in [0.1, 0.15) is 17.8 Å². The summed E-state index contributed by atoms with van der Waals surface area (Å²) >= 11 is 0. The van der Waals surface area contributed by atoms with Gasteiger partial charge in [-0.05, 0) is 37.7 Å². The molecule has 2 aromatic heterocycles. The Morgan fingerprint density at radius 1 is 1.42 bits per heavy atom. The Kier molecular flexibility index (Phi) is 3.58. The summed E-state index contributed by atoms with van der Waals surface area (Å²) in [5.41, 5.74) is 0.866. The molecule has 3 heterocycles. The van der Waals surface area contributed by atoms with Crippen LogP contribution >= 0.6 is 0 Å². The van der Waals surface area contributed by atoms with E-state index < -0.39 is 0 Å². The van der Waals surface area contributed by atoms with E-state index in [1.165, 1.54) is 0 Å². The molecule has 1 saturated heterocycles. The van der Waals surface area contributed by atoms with Crippen LogP contribution in [-0.2, 0) is 4.74 Å². The molecular formula is C17H23N5O2. The van der Waals surface area contributed by atoms with E-state index in [1.54, 1.807) is 6.33 Å². The second-order valence-electron chi connectivity index (χ2n) is 7.15. The summed E-state index contributed by atoms with van der Waals surface area (Å²) in [5.74, 6) is 2.77. The van der Waals surface area contributed by atoms with Gasteiger partial charge in [0.15, 0.2) is 0 Å². The normalized spacial score (nSPS) is 25.2. The molecule has 24 heavy (non-hydrogen) atoms. The van der Waals surface area contributed by atoms with E-state index >= 15 is 0 Å². The molecule has 1 saturated carbocycles. The number of ether oxygens (including phenoxy) is 1. The molecule has 2 aromatic rings. The summed E-state index contributed by atoms with van der Waals surface area (Å²) in [4.78, 5) is 27.8. The zero-order valence-corrected chi connectivity index (χ0v) is 14.3. The lowest BCUT2D eigenvalue weighted by Gasteiger charge is -2.23. The maximum atomic E-state index is 12.0. The van der Waals surface area contributed by atoms with Gasteiger partial charge in [-0.3, -0.25) is 0 Å². The van der Waals surface area contributed by atoms with Gasteiger partial charge in [0.25, 0.3) is 0 Å². The first-order valence-electron chi connectivity index (χ1n) is 8.49. The number of nitrogens with zero attached hydrogens (tertiary/aromatic N) is 4. The number of carbonyl (C=O) groups excluding carboxylic acids is 1. The zero-order valence-electron chi connectivity index (χ0n) is 14.3. The van der Waals surface area contributed by atoms with Gasteiger partial charge in [-0.2, -0.15) is 0 Å². The molecule has 1 amide bonds. The van der Waals surface area contributed by atoms with E-state index in [-0.39, 0.29) is 12.2 Å². The van der Waals surface area contributed by atoms with Gasteiger partial charge in [0.2, 0.25) is 0 Å². The van der Waals surface area contributed by atoms with E-state index in [2.05, 4.69) is 26.9 Å². The number of likely N-dealkylation sites (tertiary alicyclic amines) is 1. The fourth-order valence-electron chi connectivity index (χ4n) is 3.91. The molecule has 0 spiro atoms. The number of amides is 1. The molecule has 0 bridgehead atoms. The first kappa shape index (κ1) is 15.2. The summed E-state index contributed by atoms with van der Waals surface area (Å²) in [7, 11) is 2.08. The van der Waals surface area contributed by atoms with Crippen molar-refractivity contribution in [3.05, 3.63) is 18.6 Å². The highest BCUT2D eigenvalue weighted by Crippen LogP contribution is 2.52. The first-order chi connectivity index (χ1) is 11.5. The summed E-state index contributed by atoms with van der Waals surface area (Å²) in [5, 5.41) is 1.05. The molecule has 1 aliphatic carbocycles. The van der Waals surface area contributed by atoms with Gasteiger partial charge in [0.05, 0.1) is 11.5 Å². The molecule has 1 N–H and O–H groups in total. The molecule has 128 valence electrons. The Labute approximate surface area is 141 Å². The van der Waals surface area contributed by atoms with Gasteiger partial charge in [-0.1, -0.05) is 0 Å². The number of nitrogens with one attached hydrogen (secondary N) is 1. The Balaban J connectivity index is 1.36. The molecule has 7 nitrogen and oxygen atoms in total. The van der Waals surface area contributed by atoms with Crippen molar-refractivity contribution in [3.8, 4) is 0 Å². The number of H-pyrrole nitrogens is 1. The molecule has 2 fully saturated rings. The van der Waals surface area contributed by atoms with Crippen LogP contribution < -0.4 is 4.90 Å². The van der Waals surface area contributed by atoms with Gasteiger partial charge in [0, 0.05) is 32.9 Å². The largest absolute Gasteiger partial charge is 0.447 e. The maximum absolute atomic E-state index is 12.0. The fraction of sp³-hybridized carbons (Fsp3) is 0.588. The molecule has 7 heteroatoms. The second kappa shape index (κ2) is 5.65.